The van der Waals surface area contributed by atoms with Gasteiger partial charge in [-0.2, -0.15) is 0 Å². The topological polar surface area (TPSA) is 42.4 Å². The Hall–Kier alpha value is -2.66. The van der Waals surface area contributed by atoms with Gasteiger partial charge in [0.05, 0.1) is 18.8 Å². The minimum atomic E-state index is 0.0121. The van der Waals surface area contributed by atoms with E-state index in [9.17, 15) is 4.79 Å². The van der Waals surface area contributed by atoms with Crippen LogP contribution in [0.2, 0.25) is 0 Å². The van der Waals surface area contributed by atoms with Crippen molar-refractivity contribution in [2.24, 2.45) is 0 Å². The minimum Gasteiger partial charge on any atom is -0.497 e. The van der Waals surface area contributed by atoms with Crippen molar-refractivity contribution in [1.29, 1.82) is 0 Å². The third kappa shape index (κ3) is 3.23. The molecule has 1 amide bonds. The Morgan fingerprint density at radius 3 is 2.74 bits per heavy atom. The number of aromatic nitrogens is 1. The second-order valence-electron chi connectivity index (χ2n) is 6.79. The summed E-state index contributed by atoms with van der Waals surface area (Å²) in [5, 5.41) is 0.892. The van der Waals surface area contributed by atoms with Crippen molar-refractivity contribution in [2.45, 2.75) is 26.3 Å². The Morgan fingerprint density at radius 1 is 1.22 bits per heavy atom. The molecule has 2 aromatic carbocycles. The molecule has 138 valence electrons. The summed E-state index contributed by atoms with van der Waals surface area (Å²) in [5.41, 5.74) is 4.30. The van der Waals surface area contributed by atoms with Crippen molar-refractivity contribution in [1.82, 2.24) is 9.88 Å². The maximum Gasteiger partial charge on any atom is 0.266 e. The molecule has 4 rings (SSSR count). The smallest absolute Gasteiger partial charge is 0.266 e. The van der Waals surface area contributed by atoms with Crippen LogP contribution in [-0.2, 0) is 6.42 Å². The largest absolute Gasteiger partial charge is 0.497 e. The fourth-order valence-electron chi connectivity index (χ4n) is 3.63. The zero-order valence-electron chi connectivity index (χ0n) is 15.7. The summed E-state index contributed by atoms with van der Waals surface area (Å²) >= 11 is 1.48. The molecule has 1 aliphatic heterocycles. The number of amides is 1. The second-order valence-corrected chi connectivity index (χ2v) is 7.79. The van der Waals surface area contributed by atoms with Gasteiger partial charge in [-0.05, 0) is 43.5 Å². The molecule has 0 fully saturated rings. The quantitative estimate of drug-likeness (QED) is 0.652. The number of fused-ring (bicyclic) bond motifs is 1. The lowest BCUT2D eigenvalue weighted by Crippen LogP contribution is -2.38. The predicted octanol–water partition coefficient (Wildman–Crippen LogP) is 4.89. The molecular formula is C22H22N2O2S. The van der Waals surface area contributed by atoms with E-state index in [1.165, 1.54) is 22.5 Å². The van der Waals surface area contributed by atoms with E-state index in [1.807, 2.05) is 54.3 Å². The van der Waals surface area contributed by atoms with Gasteiger partial charge in [0.25, 0.3) is 5.91 Å². The molecular weight excluding hydrogens is 356 g/mol. The summed E-state index contributed by atoms with van der Waals surface area (Å²) in [6.07, 6.45) is 0.860. The van der Waals surface area contributed by atoms with E-state index >= 15 is 0 Å². The lowest BCUT2D eigenvalue weighted by atomic mass is 9.93. The molecule has 1 atom stereocenters. The molecule has 0 bridgehead atoms. The molecule has 0 saturated heterocycles. The monoisotopic (exact) mass is 378 g/mol. The van der Waals surface area contributed by atoms with Gasteiger partial charge < -0.3 is 9.64 Å². The van der Waals surface area contributed by atoms with E-state index in [4.69, 9.17) is 4.74 Å². The number of hydrogen-bond donors (Lipinski definition) is 0. The number of nitrogens with zero attached hydrogens (tertiary/aromatic N) is 2. The molecule has 1 aliphatic rings. The lowest BCUT2D eigenvalue weighted by molar-refractivity contribution is 0.0681. The Morgan fingerprint density at radius 2 is 2.00 bits per heavy atom. The Bertz CT molecular complexity index is 981. The molecule has 0 spiro atoms. The highest BCUT2D eigenvalue weighted by Crippen LogP contribution is 2.35. The minimum absolute atomic E-state index is 0.0121. The molecule has 2 heterocycles. The van der Waals surface area contributed by atoms with E-state index in [2.05, 4.69) is 18.0 Å². The first-order chi connectivity index (χ1) is 13.1. The molecule has 0 N–H and O–H groups in total. The van der Waals surface area contributed by atoms with Crippen LogP contribution < -0.4 is 4.74 Å². The molecule has 0 radical (unpaired) electrons. The van der Waals surface area contributed by atoms with Crippen LogP contribution in [-0.4, -0.2) is 29.4 Å². The SMILES string of the molecule is COc1ccc2c(c1)C(C)N(C(=O)c1sc(-c3ccccc3)nc1C)CC2. The van der Waals surface area contributed by atoms with E-state index in [-0.39, 0.29) is 11.9 Å². The van der Waals surface area contributed by atoms with Gasteiger partial charge in [-0.15, -0.1) is 11.3 Å². The van der Waals surface area contributed by atoms with Crippen LogP contribution in [0.4, 0.5) is 0 Å². The van der Waals surface area contributed by atoms with Crippen LogP contribution >= 0.6 is 11.3 Å². The Labute approximate surface area is 163 Å². The molecule has 4 nitrogen and oxygen atoms in total. The number of hydrogen-bond acceptors (Lipinski definition) is 4. The van der Waals surface area contributed by atoms with Gasteiger partial charge in [0.15, 0.2) is 0 Å². The van der Waals surface area contributed by atoms with Gasteiger partial charge in [0, 0.05) is 12.1 Å². The van der Waals surface area contributed by atoms with E-state index in [0.717, 1.165) is 39.9 Å². The van der Waals surface area contributed by atoms with Crippen LogP contribution in [0.1, 0.15) is 39.5 Å². The first-order valence-corrected chi connectivity index (χ1v) is 9.90. The average Bonchev–Trinajstić information content (AvgIpc) is 3.10. The number of methoxy groups -OCH3 is 1. The van der Waals surface area contributed by atoms with Gasteiger partial charge in [-0.1, -0.05) is 36.4 Å². The number of rotatable bonds is 3. The normalized spacial score (nSPS) is 16.1. The summed E-state index contributed by atoms with van der Waals surface area (Å²) < 4.78 is 5.37. The number of thiazole rings is 1. The fourth-order valence-corrected chi connectivity index (χ4v) is 4.65. The average molecular weight is 378 g/mol. The van der Waals surface area contributed by atoms with Crippen molar-refractivity contribution in [2.75, 3.05) is 13.7 Å². The zero-order chi connectivity index (χ0) is 19.0. The zero-order valence-corrected chi connectivity index (χ0v) is 16.5. The molecule has 5 heteroatoms. The third-order valence-electron chi connectivity index (χ3n) is 5.17. The van der Waals surface area contributed by atoms with Gasteiger partial charge in [0.2, 0.25) is 0 Å². The van der Waals surface area contributed by atoms with Gasteiger partial charge >= 0.3 is 0 Å². The van der Waals surface area contributed by atoms with Gasteiger partial charge in [-0.25, -0.2) is 4.98 Å². The summed E-state index contributed by atoms with van der Waals surface area (Å²) in [5.74, 6) is 0.892. The van der Waals surface area contributed by atoms with E-state index < -0.39 is 0 Å². The van der Waals surface area contributed by atoms with Crippen molar-refractivity contribution in [3.63, 3.8) is 0 Å². The van der Waals surface area contributed by atoms with Crippen molar-refractivity contribution in [3.05, 3.63) is 70.2 Å². The maximum absolute atomic E-state index is 13.3. The van der Waals surface area contributed by atoms with Crippen LogP contribution in [0.15, 0.2) is 48.5 Å². The van der Waals surface area contributed by atoms with E-state index in [0.29, 0.717) is 0 Å². The highest BCUT2D eigenvalue weighted by molar-refractivity contribution is 7.17. The summed E-state index contributed by atoms with van der Waals surface area (Å²) in [7, 11) is 1.67. The van der Waals surface area contributed by atoms with Crippen LogP contribution in [0.3, 0.4) is 0 Å². The van der Waals surface area contributed by atoms with Crippen LogP contribution in [0, 0.1) is 6.92 Å². The van der Waals surface area contributed by atoms with Gasteiger partial charge in [-0.3, -0.25) is 4.79 Å². The standard InChI is InChI=1S/C22H22N2O2S/c1-14-20(27-21(23-14)17-7-5-4-6-8-17)22(25)24-12-11-16-9-10-18(26-3)13-19(16)15(24)2/h4-10,13,15H,11-12H2,1-3H3. The third-order valence-corrected chi connectivity index (χ3v) is 6.36. The number of carbonyl (C=O) groups is 1. The first-order valence-electron chi connectivity index (χ1n) is 9.09. The molecule has 1 unspecified atom stereocenters. The molecule has 0 aliphatic carbocycles. The summed E-state index contributed by atoms with van der Waals surface area (Å²) in [4.78, 5) is 20.6. The number of aryl methyl sites for hydroxylation is 1. The highest BCUT2D eigenvalue weighted by Gasteiger charge is 2.30. The van der Waals surface area contributed by atoms with Crippen LogP contribution in [0.5, 0.6) is 5.75 Å². The lowest BCUT2D eigenvalue weighted by Gasteiger charge is -2.35. The molecule has 27 heavy (non-hydrogen) atoms. The van der Waals surface area contributed by atoms with Crippen molar-refractivity contribution >= 4 is 17.2 Å². The van der Waals surface area contributed by atoms with Crippen molar-refractivity contribution in [3.8, 4) is 16.3 Å². The Balaban J connectivity index is 1.64. The number of benzene rings is 2. The first kappa shape index (κ1) is 17.7. The van der Waals surface area contributed by atoms with Crippen LogP contribution in [0.25, 0.3) is 10.6 Å². The number of carbonyl (C=O) groups excluding carboxylic acids is 1. The molecule has 1 aromatic heterocycles. The fraction of sp³-hybridized carbons (Fsp3) is 0.273. The van der Waals surface area contributed by atoms with Crippen molar-refractivity contribution < 1.29 is 9.53 Å². The molecule has 3 aromatic rings. The summed E-state index contributed by atoms with van der Waals surface area (Å²) in [6.45, 7) is 4.73. The highest BCUT2D eigenvalue weighted by atomic mass is 32.1. The summed E-state index contributed by atoms with van der Waals surface area (Å²) in [6, 6.07) is 16.2. The maximum atomic E-state index is 13.3. The Kier molecular flexibility index (Phi) is 4.70. The van der Waals surface area contributed by atoms with Gasteiger partial charge in [0.1, 0.15) is 15.6 Å². The number of ether oxygens (including phenoxy) is 1. The molecule has 0 saturated carbocycles. The second kappa shape index (κ2) is 7.16. The van der Waals surface area contributed by atoms with E-state index in [1.54, 1.807) is 7.11 Å². The predicted molar refractivity (Wildman–Crippen MR) is 108 cm³/mol.